The predicted molar refractivity (Wildman–Crippen MR) is 78.4 cm³/mol. The summed E-state index contributed by atoms with van der Waals surface area (Å²) in [5, 5.41) is 27.4. The molecule has 126 valence electrons. The molecule has 0 saturated carbocycles. The average Bonchev–Trinajstić information content (AvgIpc) is 2.44. The molecule has 8 heteroatoms. The zero-order valence-corrected chi connectivity index (χ0v) is 12.5. The molecule has 0 fully saturated rings. The first kappa shape index (κ1) is 18.6. The summed E-state index contributed by atoms with van der Waals surface area (Å²) in [5.41, 5.74) is 3.64. The summed E-state index contributed by atoms with van der Waals surface area (Å²) in [6, 6.07) is 7.98. The topological polar surface area (TPSA) is 147 Å². The smallest absolute Gasteiger partial charge is 0.336 e. The van der Waals surface area contributed by atoms with Crippen LogP contribution in [0.2, 0.25) is 0 Å². The van der Waals surface area contributed by atoms with Gasteiger partial charge in [0.25, 0.3) is 0 Å². The normalized spacial score (nSPS) is 16.0. The van der Waals surface area contributed by atoms with Crippen LogP contribution < -0.4 is 5.73 Å². The number of rotatable bonds is 8. The third-order valence-electron chi connectivity index (χ3n) is 3.14. The molecule has 0 aliphatic heterocycles. The molecule has 0 radical (unpaired) electrons. The third kappa shape index (κ3) is 5.35. The number of carboxylic acid groups (broad SMARTS) is 2. The lowest BCUT2D eigenvalue weighted by Gasteiger charge is -2.25. The second kappa shape index (κ2) is 7.70. The Balaban J connectivity index is 2.87. The first-order chi connectivity index (χ1) is 10.7. The molecule has 0 spiro atoms. The monoisotopic (exact) mass is 325 g/mol. The number of ether oxygens (including phenoxy) is 1. The molecule has 1 aromatic rings. The number of nitrogens with two attached hydrogens (primary N) is 1. The molecule has 0 heterocycles. The van der Waals surface area contributed by atoms with Crippen LogP contribution in [0, 0.1) is 0 Å². The fourth-order valence-corrected chi connectivity index (χ4v) is 2.01. The fourth-order valence-electron chi connectivity index (χ4n) is 2.01. The van der Waals surface area contributed by atoms with Gasteiger partial charge in [-0.2, -0.15) is 0 Å². The lowest BCUT2D eigenvalue weighted by molar-refractivity contribution is -0.174. The van der Waals surface area contributed by atoms with Crippen LogP contribution in [0.1, 0.15) is 31.4 Å². The van der Waals surface area contributed by atoms with Gasteiger partial charge in [0, 0.05) is 6.04 Å². The van der Waals surface area contributed by atoms with Gasteiger partial charge in [0.1, 0.15) is 6.10 Å². The Morgan fingerprint density at radius 1 is 1.17 bits per heavy atom. The van der Waals surface area contributed by atoms with Gasteiger partial charge in [-0.1, -0.05) is 30.3 Å². The molecule has 3 atom stereocenters. The summed E-state index contributed by atoms with van der Waals surface area (Å²) in [7, 11) is 0. The van der Waals surface area contributed by atoms with Crippen molar-refractivity contribution in [2.24, 2.45) is 5.73 Å². The molecule has 23 heavy (non-hydrogen) atoms. The van der Waals surface area contributed by atoms with E-state index in [0.717, 1.165) is 0 Å². The van der Waals surface area contributed by atoms with Gasteiger partial charge in [-0.3, -0.25) is 9.59 Å². The predicted octanol–water partition coefficient (Wildman–Crippen LogP) is 0.299. The van der Waals surface area contributed by atoms with Gasteiger partial charge in [0.2, 0.25) is 0 Å². The van der Waals surface area contributed by atoms with Crippen LogP contribution in [-0.4, -0.2) is 44.9 Å². The number of hydrogen-bond acceptors (Lipinski definition) is 6. The van der Waals surface area contributed by atoms with Crippen molar-refractivity contribution in [1.29, 1.82) is 0 Å². The van der Waals surface area contributed by atoms with Crippen molar-refractivity contribution in [1.82, 2.24) is 0 Å². The van der Waals surface area contributed by atoms with E-state index in [9.17, 15) is 19.5 Å². The van der Waals surface area contributed by atoms with Gasteiger partial charge in [0.05, 0.1) is 12.8 Å². The van der Waals surface area contributed by atoms with Crippen LogP contribution in [0.25, 0.3) is 0 Å². The first-order valence-corrected chi connectivity index (χ1v) is 6.83. The highest BCUT2D eigenvalue weighted by molar-refractivity contribution is 5.88. The van der Waals surface area contributed by atoms with Crippen molar-refractivity contribution >= 4 is 17.9 Å². The van der Waals surface area contributed by atoms with Crippen molar-refractivity contribution in [3.63, 3.8) is 0 Å². The molecule has 0 aliphatic carbocycles. The van der Waals surface area contributed by atoms with Crippen LogP contribution in [0.15, 0.2) is 30.3 Å². The number of benzene rings is 1. The van der Waals surface area contributed by atoms with Crippen LogP contribution >= 0.6 is 0 Å². The van der Waals surface area contributed by atoms with Gasteiger partial charge >= 0.3 is 17.9 Å². The van der Waals surface area contributed by atoms with Gasteiger partial charge in [0.15, 0.2) is 5.60 Å². The van der Waals surface area contributed by atoms with Crippen molar-refractivity contribution in [3.8, 4) is 0 Å². The van der Waals surface area contributed by atoms with Crippen molar-refractivity contribution in [2.75, 3.05) is 0 Å². The summed E-state index contributed by atoms with van der Waals surface area (Å²) in [6.07, 6.45) is -2.96. The van der Waals surface area contributed by atoms with E-state index in [2.05, 4.69) is 0 Å². The number of aliphatic carboxylic acids is 2. The largest absolute Gasteiger partial charge is 0.481 e. The van der Waals surface area contributed by atoms with E-state index in [1.54, 1.807) is 37.3 Å². The molecular formula is C15H19NO7. The fraction of sp³-hybridized carbons (Fsp3) is 0.400. The molecule has 0 aliphatic rings. The minimum absolute atomic E-state index is 0.584. The summed E-state index contributed by atoms with van der Waals surface area (Å²) in [5.74, 6) is -4.41. The molecule has 0 bridgehead atoms. The first-order valence-electron chi connectivity index (χ1n) is 6.83. The Morgan fingerprint density at radius 3 is 2.17 bits per heavy atom. The highest BCUT2D eigenvalue weighted by Crippen LogP contribution is 2.23. The number of carboxylic acids is 2. The zero-order chi connectivity index (χ0) is 17.6. The Labute approximate surface area is 132 Å². The molecule has 1 rings (SSSR count). The lowest BCUT2D eigenvalue weighted by Crippen LogP contribution is -2.43. The molecule has 0 aromatic heterocycles. The van der Waals surface area contributed by atoms with Gasteiger partial charge in [-0.05, 0) is 12.5 Å². The summed E-state index contributed by atoms with van der Waals surface area (Å²) in [6.45, 7) is 1.60. The van der Waals surface area contributed by atoms with Gasteiger partial charge in [-0.25, -0.2) is 4.79 Å². The van der Waals surface area contributed by atoms with Crippen LogP contribution in [-0.2, 0) is 19.1 Å². The summed E-state index contributed by atoms with van der Waals surface area (Å²) < 4.78 is 5.15. The standard InChI is InChI=1S/C15H19NO7/c1-9(16)13(10-5-3-2-4-6-10)23-12(19)8-15(22,14(20)21)7-11(17)18/h2-6,9,13,22H,7-8,16H2,1H3,(H,17,18)(H,20,21)/t9?,13-,15?/m1/s1. The van der Waals surface area contributed by atoms with Crippen molar-refractivity contribution < 1.29 is 34.4 Å². The van der Waals surface area contributed by atoms with Crippen LogP contribution in [0.5, 0.6) is 0 Å². The molecule has 8 nitrogen and oxygen atoms in total. The van der Waals surface area contributed by atoms with Gasteiger partial charge < -0.3 is 25.8 Å². The van der Waals surface area contributed by atoms with Crippen LogP contribution in [0.4, 0.5) is 0 Å². The van der Waals surface area contributed by atoms with Gasteiger partial charge in [-0.15, -0.1) is 0 Å². The van der Waals surface area contributed by atoms with E-state index in [4.69, 9.17) is 20.7 Å². The summed E-state index contributed by atoms with van der Waals surface area (Å²) in [4.78, 5) is 33.6. The Hall–Kier alpha value is -2.45. The molecule has 0 saturated heterocycles. The maximum Gasteiger partial charge on any atom is 0.336 e. The molecule has 2 unspecified atom stereocenters. The number of esters is 1. The Kier molecular flexibility index (Phi) is 6.23. The van der Waals surface area contributed by atoms with E-state index in [-0.39, 0.29) is 0 Å². The van der Waals surface area contributed by atoms with Crippen molar-refractivity contribution in [3.05, 3.63) is 35.9 Å². The van der Waals surface area contributed by atoms with Crippen LogP contribution in [0.3, 0.4) is 0 Å². The molecule has 0 amide bonds. The van der Waals surface area contributed by atoms with E-state index in [1.165, 1.54) is 0 Å². The molecular weight excluding hydrogens is 306 g/mol. The third-order valence-corrected chi connectivity index (χ3v) is 3.14. The number of carbonyl (C=O) groups excluding carboxylic acids is 1. The molecule has 1 aromatic carbocycles. The minimum Gasteiger partial charge on any atom is -0.481 e. The highest BCUT2D eigenvalue weighted by Gasteiger charge is 2.42. The zero-order valence-electron chi connectivity index (χ0n) is 12.5. The highest BCUT2D eigenvalue weighted by atomic mass is 16.5. The number of aliphatic hydroxyl groups is 1. The number of hydrogen-bond donors (Lipinski definition) is 4. The Morgan fingerprint density at radius 2 is 1.74 bits per heavy atom. The minimum atomic E-state index is -2.73. The quantitative estimate of drug-likeness (QED) is 0.499. The Bertz CT molecular complexity index is 572. The SMILES string of the molecule is CC(N)[C@@H](OC(=O)CC(O)(CC(=O)O)C(=O)O)c1ccccc1. The van der Waals surface area contributed by atoms with E-state index < -0.39 is 48.5 Å². The summed E-state index contributed by atoms with van der Waals surface area (Å²) >= 11 is 0. The van der Waals surface area contributed by atoms with E-state index >= 15 is 0 Å². The maximum atomic E-state index is 11.9. The lowest BCUT2D eigenvalue weighted by atomic mass is 9.95. The van der Waals surface area contributed by atoms with Crippen molar-refractivity contribution in [2.45, 2.75) is 37.5 Å². The van der Waals surface area contributed by atoms with E-state index in [1.807, 2.05) is 0 Å². The molecule has 5 N–H and O–H groups in total. The average molecular weight is 325 g/mol. The second-order valence-corrected chi connectivity index (χ2v) is 5.26. The second-order valence-electron chi connectivity index (χ2n) is 5.26. The van der Waals surface area contributed by atoms with E-state index in [0.29, 0.717) is 5.56 Å². The maximum absolute atomic E-state index is 11.9. The number of carbonyl (C=O) groups is 3.